The maximum absolute atomic E-state index is 13.2. The number of carbonyl (C=O) groups is 2. The molecule has 3 N–H and O–H groups in total. The minimum atomic E-state index is -1.45. The number of nitrogens with zero attached hydrogens (tertiary/aromatic N) is 3. The second-order valence-electron chi connectivity index (χ2n) is 8.24. The Hall–Kier alpha value is -2.85. The Morgan fingerprint density at radius 2 is 1.94 bits per heavy atom. The van der Waals surface area contributed by atoms with E-state index in [1.54, 1.807) is 4.90 Å². The van der Waals surface area contributed by atoms with Crippen LogP contribution in [0.1, 0.15) is 53.9 Å². The minimum Gasteiger partial charge on any atom is -0.609 e. The molecule has 2 heterocycles. The topological polar surface area (TPSA) is 142 Å². The summed E-state index contributed by atoms with van der Waals surface area (Å²) in [7, 11) is 0. The molecule has 0 bridgehead atoms. The number of aliphatic carboxylic acids is 1. The summed E-state index contributed by atoms with van der Waals surface area (Å²) in [6.45, 7) is 0.541. The fourth-order valence-corrected chi connectivity index (χ4v) is 4.90. The number of nitrogen functional groups attached to an aromatic ring is 1. The minimum absolute atomic E-state index is 0.0323. The first-order valence-corrected chi connectivity index (χ1v) is 12.2. The van der Waals surface area contributed by atoms with Gasteiger partial charge in [0.2, 0.25) is 5.88 Å². The van der Waals surface area contributed by atoms with E-state index in [2.05, 4.69) is 9.97 Å². The molecule has 170 valence electrons. The normalized spacial score (nSPS) is 21.9. The predicted molar refractivity (Wildman–Crippen MR) is 119 cm³/mol. The van der Waals surface area contributed by atoms with Crippen LogP contribution in [0, 0.1) is 5.92 Å². The van der Waals surface area contributed by atoms with Gasteiger partial charge >= 0.3 is 11.1 Å². The van der Waals surface area contributed by atoms with E-state index in [1.807, 2.05) is 24.3 Å². The third-order valence-electron chi connectivity index (χ3n) is 6.14. The molecule has 1 unspecified atom stereocenters. The molecular formula is C22H26N4O5S. The molecule has 9 nitrogen and oxygen atoms in total. The lowest BCUT2D eigenvalue weighted by atomic mass is 9.77. The molecule has 1 amide bonds. The van der Waals surface area contributed by atoms with Gasteiger partial charge < -0.3 is 25.0 Å². The molecule has 4 rings (SSSR count). The smallest absolute Gasteiger partial charge is 0.347 e. The number of amides is 1. The highest BCUT2D eigenvalue weighted by Gasteiger charge is 2.31. The van der Waals surface area contributed by atoms with Gasteiger partial charge in [-0.15, -0.1) is 4.98 Å². The number of fused-ring (bicyclic) bond motifs is 1. The largest absolute Gasteiger partial charge is 0.609 e. The number of hydrogen-bond acceptors (Lipinski definition) is 7. The summed E-state index contributed by atoms with van der Waals surface area (Å²) in [5, 5.41) is 9.02. The van der Waals surface area contributed by atoms with Crippen molar-refractivity contribution in [3.63, 3.8) is 0 Å². The molecule has 2 aliphatic rings. The first-order valence-electron chi connectivity index (χ1n) is 10.6. The number of anilines is 2. The first kappa shape index (κ1) is 22.3. The van der Waals surface area contributed by atoms with Crippen molar-refractivity contribution in [1.82, 2.24) is 9.97 Å². The van der Waals surface area contributed by atoms with Gasteiger partial charge in [0.1, 0.15) is 24.2 Å². The quantitative estimate of drug-likeness (QED) is 0.514. The van der Waals surface area contributed by atoms with E-state index in [0.29, 0.717) is 12.5 Å². The van der Waals surface area contributed by atoms with Gasteiger partial charge in [-0.05, 0) is 55.2 Å². The van der Waals surface area contributed by atoms with Crippen LogP contribution in [-0.4, -0.2) is 50.9 Å². The molecule has 1 atom stereocenters. The maximum Gasteiger partial charge on any atom is 0.347 e. The lowest BCUT2D eigenvalue weighted by Crippen LogP contribution is -2.32. The molecule has 0 radical (unpaired) electrons. The van der Waals surface area contributed by atoms with Crippen molar-refractivity contribution in [1.29, 1.82) is 0 Å². The van der Waals surface area contributed by atoms with Crippen molar-refractivity contribution < 1.29 is 24.0 Å². The first-order chi connectivity index (χ1) is 15.3. The fourth-order valence-electron chi connectivity index (χ4n) is 4.46. The number of carbonyl (C=O) groups excluding carboxylic acids is 1. The number of carboxylic acids is 1. The summed E-state index contributed by atoms with van der Waals surface area (Å²) in [5.41, 5.74) is 7.99. The van der Waals surface area contributed by atoms with Gasteiger partial charge in [0.15, 0.2) is 0 Å². The van der Waals surface area contributed by atoms with Crippen LogP contribution in [0.5, 0.6) is 5.88 Å². The molecule has 10 heteroatoms. The Bertz CT molecular complexity index is 1010. The van der Waals surface area contributed by atoms with Crippen LogP contribution in [0.2, 0.25) is 0 Å². The second kappa shape index (κ2) is 9.33. The van der Waals surface area contributed by atoms with Gasteiger partial charge in [0.05, 0.1) is 6.54 Å². The van der Waals surface area contributed by atoms with Gasteiger partial charge in [-0.1, -0.05) is 12.1 Å². The van der Waals surface area contributed by atoms with Crippen LogP contribution in [-0.2, 0) is 16.0 Å². The number of hydrogen-bond donors (Lipinski definition) is 2. The molecule has 2 aromatic rings. The van der Waals surface area contributed by atoms with Crippen LogP contribution < -0.4 is 15.4 Å². The summed E-state index contributed by atoms with van der Waals surface area (Å²) < 4.78 is 17.3. The zero-order valence-electron chi connectivity index (χ0n) is 17.8. The molecule has 32 heavy (non-hydrogen) atoms. The number of rotatable bonds is 5. The van der Waals surface area contributed by atoms with Crippen molar-refractivity contribution in [3.8, 4) is 5.88 Å². The van der Waals surface area contributed by atoms with E-state index in [0.717, 1.165) is 31.4 Å². The average molecular weight is 459 g/mol. The van der Waals surface area contributed by atoms with Crippen molar-refractivity contribution in [3.05, 3.63) is 35.4 Å². The number of carboxylic acid groups (broad SMARTS) is 1. The van der Waals surface area contributed by atoms with Crippen LogP contribution >= 0.6 is 0 Å². The standard InChI is InChI=1S/C22H26N4O5S/c1-32(30)22-24-19(23)18-20(25-22)31-11-10-26(21(18)29)16-8-6-15(7-9-16)14-4-2-13(3-5-14)12-17(27)28/h6-9,13-14H,2-5,10-12H2,1H3,(H,27,28)(H2,23,24,25)/t13-,14-,32?. The molecule has 0 saturated heterocycles. The highest BCUT2D eigenvalue weighted by atomic mass is 32.2. The summed E-state index contributed by atoms with van der Waals surface area (Å²) in [5.74, 6) is -0.413. The molecule has 0 spiro atoms. The number of ether oxygens (including phenoxy) is 1. The SMILES string of the molecule is C[S+]([O-])c1nc(N)c2c(n1)OCCN(c1ccc([C@H]3CC[C@H](CC(=O)O)CC3)cc1)C2=O. The summed E-state index contributed by atoms with van der Waals surface area (Å²) in [6.07, 6.45) is 5.45. The molecule has 1 aliphatic carbocycles. The van der Waals surface area contributed by atoms with Gasteiger partial charge in [-0.3, -0.25) is 9.59 Å². The Labute approximate surface area is 189 Å². The van der Waals surface area contributed by atoms with E-state index in [4.69, 9.17) is 15.6 Å². The Kier molecular flexibility index (Phi) is 6.52. The maximum atomic E-state index is 13.2. The zero-order chi connectivity index (χ0) is 22.8. The van der Waals surface area contributed by atoms with E-state index < -0.39 is 17.1 Å². The van der Waals surface area contributed by atoms with Gasteiger partial charge in [0.25, 0.3) is 5.91 Å². The van der Waals surface area contributed by atoms with Crippen LogP contribution in [0.25, 0.3) is 0 Å². The summed E-state index contributed by atoms with van der Waals surface area (Å²) in [4.78, 5) is 33.9. The van der Waals surface area contributed by atoms with Gasteiger partial charge in [-0.2, -0.15) is 4.98 Å². The molecule has 1 fully saturated rings. The van der Waals surface area contributed by atoms with E-state index in [9.17, 15) is 14.1 Å². The van der Waals surface area contributed by atoms with E-state index in [1.165, 1.54) is 11.8 Å². The molecule has 1 saturated carbocycles. The monoisotopic (exact) mass is 458 g/mol. The zero-order valence-corrected chi connectivity index (χ0v) is 18.6. The Balaban J connectivity index is 1.50. The third kappa shape index (κ3) is 4.66. The van der Waals surface area contributed by atoms with Crippen molar-refractivity contribution in [2.45, 2.75) is 43.2 Å². The molecule has 1 aliphatic heterocycles. The van der Waals surface area contributed by atoms with E-state index in [-0.39, 0.29) is 47.3 Å². The van der Waals surface area contributed by atoms with Crippen LogP contribution in [0.3, 0.4) is 0 Å². The lowest BCUT2D eigenvalue weighted by molar-refractivity contribution is -0.138. The summed E-state index contributed by atoms with van der Waals surface area (Å²) >= 11 is -1.45. The van der Waals surface area contributed by atoms with Crippen LogP contribution in [0.15, 0.2) is 29.4 Å². The van der Waals surface area contributed by atoms with Crippen molar-refractivity contribution in [2.75, 3.05) is 30.0 Å². The fraction of sp³-hybridized carbons (Fsp3) is 0.455. The number of aromatic nitrogens is 2. The second-order valence-corrected chi connectivity index (χ2v) is 9.51. The molecule has 1 aromatic carbocycles. The van der Waals surface area contributed by atoms with Crippen molar-refractivity contribution >= 4 is 34.6 Å². The molecule has 1 aromatic heterocycles. The van der Waals surface area contributed by atoms with Gasteiger partial charge in [-0.25, -0.2) is 0 Å². The number of benzene rings is 1. The third-order valence-corrected chi connectivity index (χ3v) is 6.84. The van der Waals surface area contributed by atoms with Gasteiger partial charge in [0, 0.05) is 23.3 Å². The average Bonchev–Trinajstić information content (AvgIpc) is 2.93. The number of nitrogens with two attached hydrogens (primary N) is 1. The Morgan fingerprint density at radius 1 is 1.25 bits per heavy atom. The predicted octanol–water partition coefficient (Wildman–Crippen LogP) is 2.58. The lowest BCUT2D eigenvalue weighted by Gasteiger charge is -2.28. The highest BCUT2D eigenvalue weighted by molar-refractivity contribution is 7.90. The van der Waals surface area contributed by atoms with E-state index >= 15 is 0 Å². The Morgan fingerprint density at radius 3 is 2.56 bits per heavy atom. The highest BCUT2D eigenvalue weighted by Crippen LogP contribution is 2.38. The molecular weight excluding hydrogens is 432 g/mol. The summed E-state index contributed by atoms with van der Waals surface area (Å²) in [6, 6.07) is 7.88. The van der Waals surface area contributed by atoms with Crippen LogP contribution in [0.4, 0.5) is 11.5 Å². The van der Waals surface area contributed by atoms with Crippen molar-refractivity contribution in [2.24, 2.45) is 5.92 Å².